The Hall–Kier alpha value is 0.315. The van der Waals surface area contributed by atoms with E-state index in [2.05, 4.69) is 11.6 Å². The molecule has 0 aromatic carbocycles. The van der Waals surface area contributed by atoms with Gasteiger partial charge in [0.05, 0.1) is 0 Å². The average molecular weight is 159 g/mol. The molecule has 1 nitrogen and oxygen atoms in total. The van der Waals surface area contributed by atoms with E-state index >= 15 is 0 Å². The van der Waals surface area contributed by atoms with Crippen LogP contribution >= 0.6 is 11.5 Å². The van der Waals surface area contributed by atoms with Crippen LogP contribution in [0.5, 0.6) is 0 Å². The normalized spacial score (nSPS) is 22.2. The number of hydrogen-bond donors (Lipinski definition) is 0. The van der Waals surface area contributed by atoms with Crippen molar-refractivity contribution in [3.8, 4) is 0 Å². The standard InChI is InChI=1S/C7H15BClN/c1-8(9)10-6-4-2-3-5-7-10/h2-7H2,1H3. The highest BCUT2D eigenvalue weighted by atomic mass is 35.5. The fourth-order valence-corrected chi connectivity index (χ4v) is 1.65. The van der Waals surface area contributed by atoms with E-state index in [1.165, 1.54) is 38.8 Å². The van der Waals surface area contributed by atoms with Crippen molar-refractivity contribution >= 4 is 17.7 Å². The van der Waals surface area contributed by atoms with E-state index < -0.39 is 0 Å². The predicted molar refractivity (Wildman–Crippen MR) is 47.5 cm³/mol. The topological polar surface area (TPSA) is 3.24 Å². The largest absolute Gasteiger partial charge is 0.329 e. The second-order valence-corrected chi connectivity index (χ2v) is 3.66. The second-order valence-electron chi connectivity index (χ2n) is 3.02. The van der Waals surface area contributed by atoms with Crippen LogP contribution in [0.2, 0.25) is 6.82 Å². The number of halogens is 1. The van der Waals surface area contributed by atoms with E-state index in [1.54, 1.807) is 0 Å². The lowest BCUT2D eigenvalue weighted by Crippen LogP contribution is -2.33. The van der Waals surface area contributed by atoms with Gasteiger partial charge in [-0.05, 0) is 25.9 Å². The Balaban J connectivity index is 2.28. The molecule has 1 heterocycles. The van der Waals surface area contributed by atoms with Gasteiger partial charge in [-0.15, -0.1) is 0 Å². The van der Waals surface area contributed by atoms with Crippen LogP contribution in [0.25, 0.3) is 0 Å². The van der Waals surface area contributed by atoms with E-state index in [0.29, 0.717) is 0 Å². The monoisotopic (exact) mass is 159 g/mol. The molecule has 0 amide bonds. The molecule has 58 valence electrons. The summed E-state index contributed by atoms with van der Waals surface area (Å²) in [6, 6.07) is 0. The van der Waals surface area contributed by atoms with Crippen molar-refractivity contribution < 1.29 is 0 Å². The predicted octanol–water partition coefficient (Wildman–Crippen LogP) is 2.22. The number of rotatable bonds is 1. The van der Waals surface area contributed by atoms with Gasteiger partial charge in [-0.3, -0.25) is 0 Å². The molecule has 0 spiro atoms. The van der Waals surface area contributed by atoms with Crippen molar-refractivity contribution in [1.29, 1.82) is 0 Å². The summed E-state index contributed by atoms with van der Waals surface area (Å²) in [7, 11) is 0. The summed E-state index contributed by atoms with van der Waals surface area (Å²) in [5.41, 5.74) is 0. The van der Waals surface area contributed by atoms with Crippen LogP contribution in [0.1, 0.15) is 25.7 Å². The summed E-state index contributed by atoms with van der Waals surface area (Å²) in [5, 5.41) is 0. The maximum Gasteiger partial charge on any atom is 0.328 e. The molecule has 0 aromatic heterocycles. The Labute approximate surface area is 68.7 Å². The third-order valence-electron chi connectivity index (χ3n) is 2.14. The molecule has 1 rings (SSSR count). The van der Waals surface area contributed by atoms with Crippen molar-refractivity contribution in [3.63, 3.8) is 0 Å². The van der Waals surface area contributed by atoms with Gasteiger partial charge in [-0.2, -0.15) is 11.5 Å². The first-order chi connectivity index (χ1) is 4.80. The number of nitrogens with zero attached hydrogens (tertiary/aromatic N) is 1. The minimum Gasteiger partial charge on any atom is -0.329 e. The lowest BCUT2D eigenvalue weighted by atomic mass is 9.93. The molecule has 0 bridgehead atoms. The van der Waals surface area contributed by atoms with Crippen molar-refractivity contribution in [2.45, 2.75) is 32.5 Å². The first-order valence-electron chi connectivity index (χ1n) is 4.19. The molecule has 0 saturated carbocycles. The van der Waals surface area contributed by atoms with Crippen LogP contribution in [0, 0.1) is 0 Å². The van der Waals surface area contributed by atoms with E-state index in [4.69, 9.17) is 11.5 Å². The van der Waals surface area contributed by atoms with Gasteiger partial charge < -0.3 is 4.81 Å². The summed E-state index contributed by atoms with van der Waals surface area (Å²) in [5.74, 6) is 0. The van der Waals surface area contributed by atoms with Gasteiger partial charge in [0.25, 0.3) is 0 Å². The van der Waals surface area contributed by atoms with Gasteiger partial charge >= 0.3 is 6.26 Å². The maximum absolute atomic E-state index is 5.96. The van der Waals surface area contributed by atoms with Crippen LogP contribution < -0.4 is 0 Å². The lowest BCUT2D eigenvalue weighted by Gasteiger charge is -2.19. The molecule has 0 aliphatic carbocycles. The average Bonchev–Trinajstić information content (AvgIpc) is 2.12. The summed E-state index contributed by atoms with van der Waals surface area (Å²) < 4.78 is 0. The minimum atomic E-state index is 0.234. The maximum atomic E-state index is 5.96. The molecular weight excluding hydrogens is 144 g/mol. The van der Waals surface area contributed by atoms with E-state index in [1.807, 2.05) is 0 Å². The third kappa shape index (κ3) is 2.51. The van der Waals surface area contributed by atoms with Gasteiger partial charge in [-0.25, -0.2) is 0 Å². The highest BCUT2D eigenvalue weighted by Crippen LogP contribution is 2.11. The molecule has 10 heavy (non-hydrogen) atoms. The van der Waals surface area contributed by atoms with Crippen molar-refractivity contribution in [2.24, 2.45) is 0 Å². The Bertz CT molecular complexity index is 89.6. The van der Waals surface area contributed by atoms with Crippen LogP contribution in [0.15, 0.2) is 0 Å². The van der Waals surface area contributed by atoms with Crippen molar-refractivity contribution in [2.75, 3.05) is 13.1 Å². The van der Waals surface area contributed by atoms with Crippen LogP contribution in [0.3, 0.4) is 0 Å². The molecule has 0 atom stereocenters. The van der Waals surface area contributed by atoms with E-state index in [0.717, 1.165) is 0 Å². The molecule has 0 N–H and O–H groups in total. The Morgan fingerprint density at radius 1 is 1.10 bits per heavy atom. The van der Waals surface area contributed by atoms with Gasteiger partial charge in [0.15, 0.2) is 0 Å². The van der Waals surface area contributed by atoms with E-state index in [-0.39, 0.29) is 6.26 Å². The van der Waals surface area contributed by atoms with Crippen molar-refractivity contribution in [3.05, 3.63) is 0 Å². The molecule has 1 saturated heterocycles. The summed E-state index contributed by atoms with van der Waals surface area (Å²) in [6.45, 7) is 4.46. The first-order valence-corrected chi connectivity index (χ1v) is 4.62. The zero-order valence-corrected chi connectivity index (χ0v) is 7.40. The van der Waals surface area contributed by atoms with E-state index in [9.17, 15) is 0 Å². The molecule has 1 fully saturated rings. The fraction of sp³-hybridized carbons (Fsp3) is 1.00. The fourth-order valence-electron chi connectivity index (χ4n) is 1.45. The second kappa shape index (κ2) is 4.25. The summed E-state index contributed by atoms with van der Waals surface area (Å²) >= 11 is 5.96. The molecule has 0 unspecified atom stereocenters. The molecular formula is C7H15BClN. The quantitative estimate of drug-likeness (QED) is 0.530. The molecule has 0 radical (unpaired) electrons. The zero-order valence-electron chi connectivity index (χ0n) is 6.65. The smallest absolute Gasteiger partial charge is 0.328 e. The summed E-state index contributed by atoms with van der Waals surface area (Å²) in [6.07, 6.45) is 5.67. The first kappa shape index (κ1) is 8.41. The molecule has 3 heteroatoms. The SMILES string of the molecule is CB(Cl)N1CCCCCC1. The van der Waals surface area contributed by atoms with Crippen LogP contribution in [0.4, 0.5) is 0 Å². The molecule has 0 aromatic rings. The highest BCUT2D eigenvalue weighted by molar-refractivity contribution is 7.04. The van der Waals surface area contributed by atoms with Gasteiger partial charge in [0.1, 0.15) is 0 Å². The van der Waals surface area contributed by atoms with Crippen LogP contribution in [-0.2, 0) is 0 Å². The zero-order chi connectivity index (χ0) is 7.40. The highest BCUT2D eigenvalue weighted by Gasteiger charge is 2.15. The van der Waals surface area contributed by atoms with Gasteiger partial charge in [0.2, 0.25) is 0 Å². The third-order valence-corrected chi connectivity index (χ3v) is 2.42. The lowest BCUT2D eigenvalue weighted by molar-refractivity contribution is 0.458. The molecule has 1 aliphatic heterocycles. The Morgan fingerprint density at radius 3 is 2.00 bits per heavy atom. The van der Waals surface area contributed by atoms with Gasteiger partial charge in [-0.1, -0.05) is 19.7 Å². The summed E-state index contributed by atoms with van der Waals surface area (Å²) in [4.78, 5) is 2.36. The Morgan fingerprint density at radius 2 is 1.60 bits per heavy atom. The number of hydrogen-bond acceptors (Lipinski definition) is 1. The van der Waals surface area contributed by atoms with Gasteiger partial charge in [0, 0.05) is 0 Å². The Kier molecular flexibility index (Phi) is 3.57. The van der Waals surface area contributed by atoms with Crippen LogP contribution in [-0.4, -0.2) is 24.2 Å². The minimum absolute atomic E-state index is 0.234. The van der Waals surface area contributed by atoms with Crippen molar-refractivity contribution in [1.82, 2.24) is 4.81 Å². The molecule has 1 aliphatic rings.